The second-order valence-electron chi connectivity index (χ2n) is 3.15. The molecule has 0 N–H and O–H groups in total. The number of hydrogen-bond acceptors (Lipinski definition) is 1. The highest BCUT2D eigenvalue weighted by Crippen LogP contribution is 2.25. The van der Waals surface area contributed by atoms with Crippen LogP contribution in [-0.4, -0.2) is 6.29 Å². The van der Waals surface area contributed by atoms with E-state index in [2.05, 4.69) is 11.8 Å². The lowest BCUT2D eigenvalue weighted by atomic mass is 9.87. The van der Waals surface area contributed by atoms with Crippen LogP contribution in [0.5, 0.6) is 0 Å². The van der Waals surface area contributed by atoms with Crippen molar-refractivity contribution < 1.29 is 4.79 Å². The fraction of sp³-hybridized carbons (Fsp3) is 0.700. The maximum atomic E-state index is 9.87. The molecule has 0 aromatic heterocycles. The maximum absolute atomic E-state index is 9.87. The molecule has 0 unspecified atom stereocenters. The fourth-order valence-corrected chi connectivity index (χ4v) is 1.64. The molecular formula is C10H14O. The molecule has 11 heavy (non-hydrogen) atoms. The van der Waals surface area contributed by atoms with E-state index >= 15 is 0 Å². The van der Waals surface area contributed by atoms with Gasteiger partial charge in [-0.3, -0.25) is 4.79 Å². The Bertz CT molecular complexity index is 167. The first-order valence-electron chi connectivity index (χ1n) is 4.35. The molecular weight excluding hydrogens is 136 g/mol. The summed E-state index contributed by atoms with van der Waals surface area (Å²) < 4.78 is 0. The van der Waals surface area contributed by atoms with Gasteiger partial charge < -0.3 is 0 Å². The SMILES string of the molecule is O=CC#CCC1CCCCC1. The minimum atomic E-state index is 0.683. The molecule has 0 spiro atoms. The van der Waals surface area contributed by atoms with E-state index in [-0.39, 0.29) is 0 Å². The highest BCUT2D eigenvalue weighted by atomic mass is 16.1. The van der Waals surface area contributed by atoms with Crippen LogP contribution >= 0.6 is 0 Å². The van der Waals surface area contributed by atoms with Crippen LogP contribution in [0.3, 0.4) is 0 Å². The van der Waals surface area contributed by atoms with Crippen LogP contribution in [0.2, 0.25) is 0 Å². The average Bonchev–Trinajstić information content (AvgIpc) is 2.07. The molecule has 0 saturated heterocycles. The quantitative estimate of drug-likeness (QED) is 0.413. The number of aldehydes is 1. The molecule has 1 aliphatic rings. The summed E-state index contributed by atoms with van der Waals surface area (Å²) in [7, 11) is 0. The maximum Gasteiger partial charge on any atom is 0.192 e. The first-order valence-corrected chi connectivity index (χ1v) is 4.35. The third-order valence-corrected chi connectivity index (χ3v) is 2.28. The summed E-state index contributed by atoms with van der Waals surface area (Å²) >= 11 is 0. The Morgan fingerprint density at radius 2 is 2.00 bits per heavy atom. The van der Waals surface area contributed by atoms with Gasteiger partial charge >= 0.3 is 0 Å². The van der Waals surface area contributed by atoms with Gasteiger partial charge in [-0.1, -0.05) is 25.2 Å². The second-order valence-corrected chi connectivity index (χ2v) is 3.15. The third kappa shape index (κ3) is 3.23. The minimum Gasteiger partial charge on any atom is -0.289 e. The molecule has 0 aromatic rings. The first kappa shape index (κ1) is 8.33. The van der Waals surface area contributed by atoms with Crippen LogP contribution in [0.15, 0.2) is 0 Å². The fourth-order valence-electron chi connectivity index (χ4n) is 1.64. The molecule has 60 valence electrons. The summed E-state index contributed by atoms with van der Waals surface area (Å²) in [4.78, 5) is 9.87. The van der Waals surface area contributed by atoms with E-state index in [0.717, 1.165) is 12.3 Å². The predicted molar refractivity (Wildman–Crippen MR) is 45.0 cm³/mol. The summed E-state index contributed by atoms with van der Waals surface area (Å²) in [5, 5.41) is 0. The Hall–Kier alpha value is -0.770. The van der Waals surface area contributed by atoms with E-state index in [1.165, 1.54) is 32.1 Å². The van der Waals surface area contributed by atoms with Crippen LogP contribution in [0.1, 0.15) is 38.5 Å². The highest BCUT2D eigenvalue weighted by molar-refractivity contribution is 5.72. The van der Waals surface area contributed by atoms with Crippen molar-refractivity contribution in [3.05, 3.63) is 0 Å². The zero-order chi connectivity index (χ0) is 7.94. The van der Waals surface area contributed by atoms with Crippen LogP contribution < -0.4 is 0 Å². The minimum absolute atomic E-state index is 0.683. The zero-order valence-corrected chi connectivity index (χ0v) is 6.81. The van der Waals surface area contributed by atoms with Gasteiger partial charge in [-0.15, -0.1) is 0 Å². The van der Waals surface area contributed by atoms with E-state index in [1.807, 2.05) is 0 Å². The lowest BCUT2D eigenvalue weighted by molar-refractivity contribution is -0.103. The average molecular weight is 150 g/mol. The van der Waals surface area contributed by atoms with Gasteiger partial charge in [0.25, 0.3) is 0 Å². The summed E-state index contributed by atoms with van der Waals surface area (Å²) in [6.45, 7) is 0. The number of carbonyl (C=O) groups is 1. The Morgan fingerprint density at radius 1 is 1.27 bits per heavy atom. The van der Waals surface area contributed by atoms with Crippen molar-refractivity contribution in [2.24, 2.45) is 5.92 Å². The topological polar surface area (TPSA) is 17.1 Å². The van der Waals surface area contributed by atoms with E-state index in [4.69, 9.17) is 0 Å². The largest absolute Gasteiger partial charge is 0.289 e. The third-order valence-electron chi connectivity index (χ3n) is 2.28. The van der Waals surface area contributed by atoms with Gasteiger partial charge in [0.15, 0.2) is 6.29 Å². The predicted octanol–water partition coefficient (Wildman–Crippen LogP) is 2.16. The van der Waals surface area contributed by atoms with Crippen molar-refractivity contribution >= 4 is 6.29 Å². The highest BCUT2D eigenvalue weighted by Gasteiger charge is 2.11. The van der Waals surface area contributed by atoms with E-state index < -0.39 is 0 Å². The molecule has 1 rings (SSSR count). The van der Waals surface area contributed by atoms with Crippen LogP contribution in [0, 0.1) is 17.8 Å². The van der Waals surface area contributed by atoms with Gasteiger partial charge in [0.2, 0.25) is 0 Å². The molecule has 0 aromatic carbocycles. The molecule has 1 aliphatic carbocycles. The summed E-state index contributed by atoms with van der Waals surface area (Å²) in [5.41, 5.74) is 0. The van der Waals surface area contributed by atoms with Gasteiger partial charge in [-0.05, 0) is 24.7 Å². The molecule has 1 saturated carbocycles. The molecule has 1 heteroatoms. The molecule has 0 bridgehead atoms. The van der Waals surface area contributed by atoms with Crippen molar-refractivity contribution in [1.29, 1.82) is 0 Å². The van der Waals surface area contributed by atoms with Crippen LogP contribution in [0.4, 0.5) is 0 Å². The van der Waals surface area contributed by atoms with Crippen molar-refractivity contribution in [2.45, 2.75) is 38.5 Å². The molecule has 0 aliphatic heterocycles. The Balaban J connectivity index is 2.19. The Kier molecular flexibility index (Phi) is 3.75. The summed E-state index contributed by atoms with van der Waals surface area (Å²) in [6, 6.07) is 0. The van der Waals surface area contributed by atoms with Crippen molar-refractivity contribution in [3.8, 4) is 11.8 Å². The normalized spacial score (nSPS) is 18.5. The van der Waals surface area contributed by atoms with Crippen molar-refractivity contribution in [1.82, 2.24) is 0 Å². The zero-order valence-electron chi connectivity index (χ0n) is 6.81. The van der Waals surface area contributed by atoms with Crippen LogP contribution in [-0.2, 0) is 4.79 Å². The van der Waals surface area contributed by atoms with E-state index in [1.54, 1.807) is 0 Å². The lowest BCUT2D eigenvalue weighted by Gasteiger charge is -2.18. The smallest absolute Gasteiger partial charge is 0.192 e. The van der Waals surface area contributed by atoms with E-state index in [9.17, 15) is 4.79 Å². The Morgan fingerprint density at radius 3 is 2.64 bits per heavy atom. The molecule has 0 heterocycles. The van der Waals surface area contributed by atoms with Crippen molar-refractivity contribution in [3.63, 3.8) is 0 Å². The molecule has 0 atom stereocenters. The summed E-state index contributed by atoms with van der Waals surface area (Å²) in [5.74, 6) is 6.13. The number of rotatable bonds is 1. The number of carbonyl (C=O) groups excluding carboxylic acids is 1. The molecule has 0 radical (unpaired) electrons. The lowest BCUT2D eigenvalue weighted by Crippen LogP contribution is -2.04. The van der Waals surface area contributed by atoms with Gasteiger partial charge in [-0.2, -0.15) is 0 Å². The molecule has 1 fully saturated rings. The van der Waals surface area contributed by atoms with Crippen LogP contribution in [0.25, 0.3) is 0 Å². The van der Waals surface area contributed by atoms with Crippen molar-refractivity contribution in [2.75, 3.05) is 0 Å². The van der Waals surface area contributed by atoms with E-state index in [0.29, 0.717) is 6.29 Å². The number of hydrogen-bond donors (Lipinski definition) is 0. The first-order chi connectivity index (χ1) is 5.43. The van der Waals surface area contributed by atoms with Gasteiger partial charge in [0.1, 0.15) is 0 Å². The standard InChI is InChI=1S/C10H14O/c11-9-5-4-8-10-6-2-1-3-7-10/h9-10H,1-3,6-8H2. The second kappa shape index (κ2) is 4.96. The summed E-state index contributed by atoms with van der Waals surface area (Å²) in [6.07, 6.45) is 8.33. The van der Waals surface area contributed by atoms with Gasteiger partial charge in [0, 0.05) is 6.42 Å². The monoisotopic (exact) mass is 150 g/mol. The molecule has 1 nitrogen and oxygen atoms in total. The van der Waals surface area contributed by atoms with Gasteiger partial charge in [-0.25, -0.2) is 0 Å². The molecule has 0 amide bonds. The van der Waals surface area contributed by atoms with Gasteiger partial charge in [0.05, 0.1) is 0 Å². The Labute approximate surface area is 68.2 Å².